The maximum Gasteiger partial charge on any atom is 0.325 e. The summed E-state index contributed by atoms with van der Waals surface area (Å²) in [7, 11) is 0. The van der Waals surface area contributed by atoms with Gasteiger partial charge < -0.3 is 10.6 Å². The second kappa shape index (κ2) is 7.03. The van der Waals surface area contributed by atoms with Crippen LogP contribution in [0.5, 0.6) is 0 Å². The third-order valence-corrected chi connectivity index (χ3v) is 4.92. The van der Waals surface area contributed by atoms with Gasteiger partial charge in [-0.2, -0.15) is 0 Å². The van der Waals surface area contributed by atoms with E-state index in [0.717, 1.165) is 29.3 Å². The number of amides is 4. The van der Waals surface area contributed by atoms with Crippen molar-refractivity contribution < 1.29 is 23.2 Å². The third kappa shape index (κ3) is 3.33. The lowest BCUT2D eigenvalue weighted by Gasteiger charge is -2.22. The highest BCUT2D eigenvalue weighted by atomic mass is 19.1. The van der Waals surface area contributed by atoms with E-state index in [4.69, 9.17) is 0 Å². The van der Waals surface area contributed by atoms with E-state index in [1.165, 1.54) is 6.92 Å². The summed E-state index contributed by atoms with van der Waals surface area (Å²) in [6.45, 7) is 4.45. The zero-order chi connectivity index (χ0) is 20.6. The van der Waals surface area contributed by atoms with Crippen molar-refractivity contribution in [3.05, 3.63) is 64.7 Å². The van der Waals surface area contributed by atoms with Gasteiger partial charge in [0.15, 0.2) is 0 Å². The Balaban J connectivity index is 1.81. The molecule has 0 spiro atoms. The highest BCUT2D eigenvalue weighted by Gasteiger charge is 2.50. The van der Waals surface area contributed by atoms with E-state index in [0.29, 0.717) is 10.6 Å². The fourth-order valence-electron chi connectivity index (χ4n) is 3.12. The molecule has 146 valence electrons. The standard InChI is InChI=1S/C20H19F2N3O3/c1-11-5-4-6-16(12(11)2)23-17(26)10-25-18(27)20(3,24-19(25)28)14-9-13(21)7-8-15(14)22/h4-9H,10H2,1-3H3,(H,23,26)(H,24,28)/t20-/m1/s1. The highest BCUT2D eigenvalue weighted by Crippen LogP contribution is 2.31. The summed E-state index contributed by atoms with van der Waals surface area (Å²) in [4.78, 5) is 38.1. The number of nitrogens with one attached hydrogen (secondary N) is 2. The summed E-state index contributed by atoms with van der Waals surface area (Å²) in [6.07, 6.45) is 0. The van der Waals surface area contributed by atoms with E-state index in [2.05, 4.69) is 10.6 Å². The zero-order valence-corrected chi connectivity index (χ0v) is 15.6. The lowest BCUT2D eigenvalue weighted by atomic mass is 9.91. The second-order valence-electron chi connectivity index (χ2n) is 6.87. The van der Waals surface area contributed by atoms with Crippen LogP contribution >= 0.6 is 0 Å². The van der Waals surface area contributed by atoms with Crippen LogP contribution in [0.3, 0.4) is 0 Å². The molecule has 2 aromatic carbocycles. The number of carbonyl (C=O) groups is 3. The van der Waals surface area contributed by atoms with Gasteiger partial charge in [0.25, 0.3) is 5.91 Å². The number of halogens is 2. The van der Waals surface area contributed by atoms with E-state index >= 15 is 0 Å². The average Bonchev–Trinajstić information content (AvgIpc) is 2.85. The Bertz CT molecular complexity index is 993. The van der Waals surface area contributed by atoms with Gasteiger partial charge in [-0.05, 0) is 56.2 Å². The maximum atomic E-state index is 14.2. The molecule has 1 aliphatic rings. The quantitative estimate of drug-likeness (QED) is 0.792. The average molecular weight is 387 g/mol. The first-order valence-corrected chi connectivity index (χ1v) is 8.59. The van der Waals surface area contributed by atoms with Gasteiger partial charge in [-0.3, -0.25) is 14.5 Å². The van der Waals surface area contributed by atoms with E-state index in [9.17, 15) is 23.2 Å². The Hall–Kier alpha value is -3.29. The molecule has 8 heteroatoms. The Morgan fingerprint density at radius 1 is 1.18 bits per heavy atom. The second-order valence-corrected chi connectivity index (χ2v) is 6.87. The number of imide groups is 1. The molecule has 2 N–H and O–H groups in total. The molecule has 0 radical (unpaired) electrons. The predicted octanol–water partition coefficient (Wildman–Crippen LogP) is 2.99. The molecular weight excluding hydrogens is 368 g/mol. The minimum absolute atomic E-state index is 0.303. The largest absolute Gasteiger partial charge is 0.325 e. The van der Waals surface area contributed by atoms with Crippen LogP contribution in [-0.2, 0) is 15.1 Å². The van der Waals surface area contributed by atoms with Gasteiger partial charge in [0.1, 0.15) is 23.7 Å². The van der Waals surface area contributed by atoms with Crippen LogP contribution in [-0.4, -0.2) is 29.3 Å². The molecule has 1 saturated heterocycles. The molecule has 0 aliphatic carbocycles. The van der Waals surface area contributed by atoms with Crippen LogP contribution in [0, 0.1) is 25.5 Å². The summed E-state index contributed by atoms with van der Waals surface area (Å²) in [6, 6.07) is 7.17. The highest BCUT2D eigenvalue weighted by molar-refractivity contribution is 6.10. The minimum Gasteiger partial charge on any atom is -0.324 e. The van der Waals surface area contributed by atoms with E-state index in [1.807, 2.05) is 19.9 Å². The first-order valence-electron chi connectivity index (χ1n) is 8.59. The van der Waals surface area contributed by atoms with Crippen molar-refractivity contribution in [1.29, 1.82) is 0 Å². The molecule has 0 unspecified atom stereocenters. The Morgan fingerprint density at radius 2 is 1.89 bits per heavy atom. The van der Waals surface area contributed by atoms with E-state index in [1.54, 1.807) is 12.1 Å². The van der Waals surface area contributed by atoms with Crippen molar-refractivity contribution in [3.8, 4) is 0 Å². The normalized spacial score (nSPS) is 19.0. The summed E-state index contributed by atoms with van der Waals surface area (Å²) in [5.74, 6) is -3.00. The number of aryl methyl sites for hydroxylation is 1. The number of anilines is 1. The Labute approximate surface area is 160 Å². The molecule has 6 nitrogen and oxygen atoms in total. The Morgan fingerprint density at radius 3 is 2.61 bits per heavy atom. The molecule has 0 saturated carbocycles. The maximum absolute atomic E-state index is 14.2. The Kier molecular flexibility index (Phi) is 4.89. The van der Waals surface area contributed by atoms with Gasteiger partial charge in [-0.15, -0.1) is 0 Å². The van der Waals surface area contributed by atoms with E-state index < -0.39 is 41.6 Å². The van der Waals surface area contributed by atoms with Gasteiger partial charge in [0.05, 0.1) is 0 Å². The van der Waals surface area contributed by atoms with Gasteiger partial charge in [0.2, 0.25) is 5.91 Å². The van der Waals surface area contributed by atoms with Crippen molar-refractivity contribution >= 4 is 23.5 Å². The smallest absolute Gasteiger partial charge is 0.324 e. The summed E-state index contributed by atoms with van der Waals surface area (Å²) < 4.78 is 27.7. The number of benzene rings is 2. The van der Waals surface area contributed by atoms with Crippen molar-refractivity contribution in [3.63, 3.8) is 0 Å². The first-order chi connectivity index (χ1) is 13.1. The molecule has 1 fully saturated rings. The fraction of sp³-hybridized carbons (Fsp3) is 0.250. The van der Waals surface area contributed by atoms with Crippen LogP contribution in [0.4, 0.5) is 19.3 Å². The van der Waals surface area contributed by atoms with Crippen molar-refractivity contribution in [2.45, 2.75) is 26.3 Å². The number of hydrogen-bond acceptors (Lipinski definition) is 3. The van der Waals surface area contributed by atoms with E-state index in [-0.39, 0.29) is 5.56 Å². The van der Waals surface area contributed by atoms with Gasteiger partial charge in [0, 0.05) is 11.3 Å². The molecule has 0 bridgehead atoms. The molecule has 3 rings (SSSR count). The topological polar surface area (TPSA) is 78.5 Å². The molecule has 28 heavy (non-hydrogen) atoms. The lowest BCUT2D eigenvalue weighted by Crippen LogP contribution is -2.42. The van der Waals surface area contributed by atoms with Crippen LogP contribution in [0.15, 0.2) is 36.4 Å². The van der Waals surface area contributed by atoms with Crippen LogP contribution in [0.2, 0.25) is 0 Å². The predicted molar refractivity (Wildman–Crippen MR) is 98.5 cm³/mol. The third-order valence-electron chi connectivity index (χ3n) is 4.92. The van der Waals surface area contributed by atoms with Crippen LogP contribution in [0.25, 0.3) is 0 Å². The fourth-order valence-corrected chi connectivity index (χ4v) is 3.12. The lowest BCUT2D eigenvalue weighted by molar-refractivity contribution is -0.133. The molecule has 0 aromatic heterocycles. The molecule has 1 aliphatic heterocycles. The van der Waals surface area contributed by atoms with Crippen LogP contribution in [0.1, 0.15) is 23.6 Å². The van der Waals surface area contributed by atoms with Gasteiger partial charge >= 0.3 is 6.03 Å². The first kappa shape index (κ1) is 19.5. The SMILES string of the molecule is Cc1cccc(NC(=O)CN2C(=O)N[C@](C)(c3cc(F)ccc3F)C2=O)c1C. The van der Waals surface area contributed by atoms with Gasteiger partial charge in [-0.1, -0.05) is 12.1 Å². The van der Waals surface area contributed by atoms with Gasteiger partial charge in [-0.25, -0.2) is 13.6 Å². The molecular formula is C20H19F2N3O3. The summed E-state index contributed by atoms with van der Waals surface area (Å²) in [5.41, 5.74) is 0.295. The number of nitrogens with zero attached hydrogens (tertiary/aromatic N) is 1. The van der Waals surface area contributed by atoms with Crippen LogP contribution < -0.4 is 10.6 Å². The molecule has 4 amide bonds. The number of rotatable bonds is 4. The number of urea groups is 1. The molecule has 1 heterocycles. The summed E-state index contributed by atoms with van der Waals surface area (Å²) in [5, 5.41) is 5.01. The number of hydrogen-bond donors (Lipinski definition) is 2. The number of carbonyl (C=O) groups excluding carboxylic acids is 3. The van der Waals surface area contributed by atoms with Crippen molar-refractivity contribution in [1.82, 2.24) is 10.2 Å². The van der Waals surface area contributed by atoms with Crippen molar-refractivity contribution in [2.24, 2.45) is 0 Å². The van der Waals surface area contributed by atoms with Crippen molar-refractivity contribution in [2.75, 3.05) is 11.9 Å². The monoisotopic (exact) mass is 387 g/mol. The molecule has 1 atom stereocenters. The summed E-state index contributed by atoms with van der Waals surface area (Å²) >= 11 is 0. The molecule has 2 aromatic rings. The minimum atomic E-state index is -1.80. The zero-order valence-electron chi connectivity index (χ0n) is 15.6.